The van der Waals surface area contributed by atoms with E-state index in [9.17, 15) is 9.59 Å². The molecular weight excluding hydrogens is 312 g/mol. The number of hydrogen-bond donors (Lipinski definition) is 1. The first-order chi connectivity index (χ1) is 12.1. The first-order valence-electron chi connectivity index (χ1n) is 9.85. The maximum atomic E-state index is 12.7. The zero-order valence-electron chi connectivity index (χ0n) is 15.5. The van der Waals surface area contributed by atoms with Crippen LogP contribution in [0, 0.1) is 5.92 Å². The van der Waals surface area contributed by atoms with Gasteiger partial charge in [0.25, 0.3) is 0 Å². The van der Waals surface area contributed by atoms with Crippen molar-refractivity contribution >= 4 is 17.5 Å². The Labute approximate surface area is 151 Å². The molecule has 4 heteroatoms. The Kier molecular flexibility index (Phi) is 5.77. The van der Waals surface area contributed by atoms with Crippen molar-refractivity contribution < 1.29 is 9.59 Å². The normalized spacial score (nSPS) is 21.6. The average Bonchev–Trinajstić information content (AvgIpc) is 3.03. The Hall–Kier alpha value is -1.84. The molecule has 1 saturated heterocycles. The summed E-state index contributed by atoms with van der Waals surface area (Å²) in [6, 6.07) is 6.56. The van der Waals surface area contributed by atoms with E-state index in [2.05, 4.69) is 37.4 Å². The molecule has 25 heavy (non-hydrogen) atoms. The minimum Gasteiger partial charge on any atom is -0.353 e. The molecule has 1 aliphatic heterocycles. The van der Waals surface area contributed by atoms with Crippen LogP contribution in [0.15, 0.2) is 18.2 Å². The van der Waals surface area contributed by atoms with Crippen LogP contribution in [-0.2, 0) is 22.4 Å². The first-order valence-corrected chi connectivity index (χ1v) is 9.85. The molecule has 1 atom stereocenters. The maximum absolute atomic E-state index is 12.7. The van der Waals surface area contributed by atoms with Gasteiger partial charge in [0.05, 0.1) is 5.92 Å². The Morgan fingerprint density at radius 1 is 1.12 bits per heavy atom. The molecule has 0 radical (unpaired) electrons. The van der Waals surface area contributed by atoms with E-state index in [1.54, 1.807) is 0 Å². The number of carbonyl (C=O) groups excluding carboxylic acids is 2. The highest BCUT2D eigenvalue weighted by Gasteiger charge is 2.37. The Morgan fingerprint density at radius 2 is 1.76 bits per heavy atom. The number of aryl methyl sites for hydroxylation is 2. The van der Waals surface area contributed by atoms with E-state index in [-0.39, 0.29) is 17.7 Å². The number of carbonyl (C=O) groups is 2. The van der Waals surface area contributed by atoms with Gasteiger partial charge < -0.3 is 10.2 Å². The van der Waals surface area contributed by atoms with Crippen molar-refractivity contribution in [1.29, 1.82) is 0 Å². The van der Waals surface area contributed by atoms with Crippen molar-refractivity contribution in [3.05, 3.63) is 29.3 Å². The number of amides is 2. The summed E-state index contributed by atoms with van der Waals surface area (Å²) in [5.41, 5.74) is 3.44. The van der Waals surface area contributed by atoms with Gasteiger partial charge in [-0.1, -0.05) is 51.3 Å². The molecule has 1 N–H and O–H groups in total. The predicted molar refractivity (Wildman–Crippen MR) is 101 cm³/mol. The number of para-hydroxylation sites is 1. The summed E-state index contributed by atoms with van der Waals surface area (Å²) in [4.78, 5) is 27.2. The molecule has 2 amide bonds. The van der Waals surface area contributed by atoms with E-state index in [1.165, 1.54) is 30.4 Å². The number of nitrogens with zero attached hydrogens (tertiary/aromatic N) is 1. The molecule has 1 aliphatic carbocycles. The molecular formula is C21H30N2O2. The third-order valence-corrected chi connectivity index (χ3v) is 5.68. The van der Waals surface area contributed by atoms with E-state index in [4.69, 9.17) is 0 Å². The van der Waals surface area contributed by atoms with Crippen molar-refractivity contribution in [1.82, 2.24) is 5.32 Å². The van der Waals surface area contributed by atoms with Crippen molar-refractivity contribution in [2.24, 2.45) is 5.92 Å². The summed E-state index contributed by atoms with van der Waals surface area (Å²) in [6.07, 6.45) is 7.95. The van der Waals surface area contributed by atoms with Crippen LogP contribution in [0.25, 0.3) is 0 Å². The van der Waals surface area contributed by atoms with Gasteiger partial charge in [0.15, 0.2) is 0 Å². The van der Waals surface area contributed by atoms with Crippen molar-refractivity contribution in [3.63, 3.8) is 0 Å². The fourth-order valence-electron chi connectivity index (χ4n) is 4.23. The van der Waals surface area contributed by atoms with Crippen LogP contribution in [0.5, 0.6) is 0 Å². The molecule has 1 aromatic rings. The van der Waals surface area contributed by atoms with E-state index in [0.29, 0.717) is 19.0 Å². The van der Waals surface area contributed by atoms with Crippen LogP contribution in [0.3, 0.4) is 0 Å². The van der Waals surface area contributed by atoms with Crippen LogP contribution >= 0.6 is 0 Å². The fourth-order valence-corrected chi connectivity index (χ4v) is 4.23. The predicted octanol–water partition coefficient (Wildman–Crippen LogP) is 3.61. The van der Waals surface area contributed by atoms with E-state index < -0.39 is 0 Å². The first kappa shape index (κ1) is 18.0. The lowest BCUT2D eigenvalue weighted by Gasteiger charge is -2.25. The Balaban J connectivity index is 1.73. The smallest absolute Gasteiger partial charge is 0.227 e. The van der Waals surface area contributed by atoms with Crippen LogP contribution in [0.4, 0.5) is 5.69 Å². The highest BCUT2D eigenvalue weighted by atomic mass is 16.2. The van der Waals surface area contributed by atoms with Gasteiger partial charge in [0, 0.05) is 24.7 Å². The van der Waals surface area contributed by atoms with Crippen LogP contribution in [0.2, 0.25) is 0 Å². The maximum Gasteiger partial charge on any atom is 0.227 e. The minimum atomic E-state index is -0.218. The quantitative estimate of drug-likeness (QED) is 0.888. The van der Waals surface area contributed by atoms with Gasteiger partial charge in [-0.25, -0.2) is 0 Å². The van der Waals surface area contributed by atoms with Crippen molar-refractivity contribution in [2.45, 2.75) is 71.3 Å². The SMILES string of the molecule is CCc1cccc(CC)c1N1C[C@H](C(=O)NC2CCCCC2)CC1=O. The molecule has 0 spiro atoms. The second kappa shape index (κ2) is 8.03. The van der Waals surface area contributed by atoms with Crippen molar-refractivity contribution in [3.8, 4) is 0 Å². The second-order valence-corrected chi connectivity index (χ2v) is 7.38. The lowest BCUT2D eigenvalue weighted by molar-refractivity contribution is -0.127. The Bertz CT molecular complexity index is 613. The lowest BCUT2D eigenvalue weighted by atomic mass is 9.95. The van der Waals surface area contributed by atoms with Crippen LogP contribution < -0.4 is 10.2 Å². The van der Waals surface area contributed by atoms with E-state index >= 15 is 0 Å². The third-order valence-electron chi connectivity index (χ3n) is 5.68. The third kappa shape index (κ3) is 3.88. The number of nitrogens with one attached hydrogen (secondary N) is 1. The highest BCUT2D eigenvalue weighted by molar-refractivity contribution is 6.01. The Morgan fingerprint density at radius 3 is 2.36 bits per heavy atom. The molecule has 136 valence electrons. The number of hydrogen-bond acceptors (Lipinski definition) is 2. The van der Waals surface area contributed by atoms with Crippen molar-refractivity contribution in [2.75, 3.05) is 11.4 Å². The lowest BCUT2D eigenvalue weighted by Crippen LogP contribution is -2.40. The van der Waals surface area contributed by atoms with Gasteiger partial charge in [-0.15, -0.1) is 0 Å². The fraction of sp³-hybridized carbons (Fsp3) is 0.619. The zero-order chi connectivity index (χ0) is 17.8. The molecule has 3 rings (SSSR count). The summed E-state index contributed by atoms with van der Waals surface area (Å²) in [7, 11) is 0. The van der Waals surface area contributed by atoms with Crippen LogP contribution in [-0.4, -0.2) is 24.4 Å². The molecule has 1 saturated carbocycles. The summed E-state index contributed by atoms with van der Waals surface area (Å²) < 4.78 is 0. The summed E-state index contributed by atoms with van der Waals surface area (Å²) >= 11 is 0. The number of anilines is 1. The molecule has 0 aromatic heterocycles. The molecule has 4 nitrogen and oxygen atoms in total. The number of rotatable bonds is 5. The number of benzene rings is 1. The van der Waals surface area contributed by atoms with Gasteiger partial charge in [0.1, 0.15) is 0 Å². The molecule has 1 heterocycles. The molecule has 0 bridgehead atoms. The highest BCUT2D eigenvalue weighted by Crippen LogP contribution is 2.32. The second-order valence-electron chi connectivity index (χ2n) is 7.38. The van der Waals surface area contributed by atoms with Gasteiger partial charge in [0.2, 0.25) is 11.8 Å². The summed E-state index contributed by atoms with van der Waals surface area (Å²) in [6.45, 7) is 4.75. The molecule has 1 aromatic carbocycles. The van der Waals surface area contributed by atoms with Gasteiger partial charge in [-0.05, 0) is 36.8 Å². The van der Waals surface area contributed by atoms with Gasteiger partial charge in [-0.2, -0.15) is 0 Å². The van der Waals surface area contributed by atoms with Crippen LogP contribution in [0.1, 0.15) is 63.5 Å². The summed E-state index contributed by atoms with van der Waals surface area (Å²) in [5.74, 6) is -0.0711. The van der Waals surface area contributed by atoms with E-state index in [0.717, 1.165) is 31.4 Å². The zero-order valence-corrected chi connectivity index (χ0v) is 15.5. The van der Waals surface area contributed by atoms with E-state index in [1.807, 2.05) is 4.90 Å². The minimum absolute atomic E-state index is 0.0646. The standard InChI is InChI=1S/C21H30N2O2/c1-3-15-9-8-10-16(4-2)20(15)23-14-17(13-19(23)24)21(25)22-18-11-6-5-7-12-18/h8-10,17-18H,3-7,11-14H2,1-2H3,(H,22,25)/t17-/m1/s1. The van der Waals surface area contributed by atoms with Gasteiger partial charge in [-0.3, -0.25) is 9.59 Å². The largest absolute Gasteiger partial charge is 0.353 e. The molecule has 0 unspecified atom stereocenters. The molecule has 2 fully saturated rings. The average molecular weight is 342 g/mol. The molecule has 2 aliphatic rings. The monoisotopic (exact) mass is 342 g/mol. The summed E-state index contributed by atoms with van der Waals surface area (Å²) in [5, 5.41) is 3.19. The topological polar surface area (TPSA) is 49.4 Å². The van der Waals surface area contributed by atoms with Gasteiger partial charge >= 0.3 is 0 Å².